The van der Waals surface area contributed by atoms with Gasteiger partial charge in [-0.15, -0.1) is 0 Å². The van der Waals surface area contributed by atoms with Crippen LogP contribution in [0.15, 0.2) is 48.7 Å². The van der Waals surface area contributed by atoms with Gasteiger partial charge in [0.05, 0.1) is 28.5 Å². The van der Waals surface area contributed by atoms with Crippen LogP contribution in [0, 0.1) is 12.8 Å². The minimum atomic E-state index is -1.37. The van der Waals surface area contributed by atoms with Gasteiger partial charge in [0.1, 0.15) is 16.9 Å². The number of para-hydroxylation sites is 1. The Morgan fingerprint density at radius 3 is 2.42 bits per heavy atom. The van der Waals surface area contributed by atoms with E-state index < -0.39 is 41.1 Å². The lowest BCUT2D eigenvalue weighted by Crippen LogP contribution is -2.30. The Morgan fingerprint density at radius 1 is 1.06 bits per heavy atom. The summed E-state index contributed by atoms with van der Waals surface area (Å²) in [7, 11) is 0. The number of carbonyl (C=O) groups is 4. The predicted octanol–water partition coefficient (Wildman–Crippen LogP) is 5.39. The standard InChI is InChI=1S/C30H28ClN5O6.C6H13NO/c1-15-16-11-12-21(18(16)10-9-17(15)29(41)42-30(2,3)4)34-27(38)24-13-23(28(39)40)33-25-19(14-32-36(24)25)26(37)35-22-8-6-5-7-20(22)31;7-5-6-1-3-8-4-2-6/h5-10,13-14,21H,11-12H2,1-4H3,(H,34,38)(H,35,37)(H,39,40);6H,1-5,7H2/t21-;/m0./s1. The summed E-state index contributed by atoms with van der Waals surface area (Å²) in [5, 5.41) is 19.8. The number of rotatable bonds is 7. The van der Waals surface area contributed by atoms with Crippen LogP contribution in [0.1, 0.15) is 104 Å². The molecule has 0 saturated carbocycles. The molecule has 50 heavy (non-hydrogen) atoms. The SMILES string of the molecule is Cc1c(C(=O)OC(C)(C)C)ccc2c1CC[C@@H]2NC(=O)c1cc(C(=O)O)nc2c(C(=O)Nc3ccccc3Cl)cnn12.NCC1CCOCC1. The van der Waals surface area contributed by atoms with E-state index in [4.69, 9.17) is 26.8 Å². The van der Waals surface area contributed by atoms with Crippen LogP contribution in [0.5, 0.6) is 0 Å². The van der Waals surface area contributed by atoms with Crippen LogP contribution >= 0.6 is 11.6 Å². The Morgan fingerprint density at radius 2 is 1.78 bits per heavy atom. The van der Waals surface area contributed by atoms with Crippen molar-refractivity contribution < 1.29 is 33.8 Å². The van der Waals surface area contributed by atoms with Gasteiger partial charge in [0.15, 0.2) is 11.3 Å². The van der Waals surface area contributed by atoms with E-state index in [1.54, 1.807) is 57.2 Å². The van der Waals surface area contributed by atoms with E-state index in [1.165, 1.54) is 6.20 Å². The lowest BCUT2D eigenvalue weighted by Gasteiger charge is -2.21. The van der Waals surface area contributed by atoms with Gasteiger partial charge in [0, 0.05) is 19.3 Å². The Labute approximate surface area is 294 Å². The summed E-state index contributed by atoms with van der Waals surface area (Å²) >= 11 is 6.15. The van der Waals surface area contributed by atoms with E-state index in [9.17, 15) is 24.3 Å². The summed E-state index contributed by atoms with van der Waals surface area (Å²) in [6.45, 7) is 9.94. The van der Waals surface area contributed by atoms with Gasteiger partial charge in [-0.2, -0.15) is 5.10 Å². The van der Waals surface area contributed by atoms with Gasteiger partial charge < -0.3 is 30.9 Å². The lowest BCUT2D eigenvalue weighted by molar-refractivity contribution is 0.00681. The van der Waals surface area contributed by atoms with E-state index in [0.717, 1.165) is 65.8 Å². The number of carboxylic acid groups (broad SMARTS) is 1. The van der Waals surface area contributed by atoms with Crippen molar-refractivity contribution in [2.75, 3.05) is 25.1 Å². The maximum Gasteiger partial charge on any atom is 0.354 e. The number of ether oxygens (including phenoxy) is 2. The highest BCUT2D eigenvalue weighted by Crippen LogP contribution is 2.35. The molecule has 0 bridgehead atoms. The van der Waals surface area contributed by atoms with E-state index in [1.807, 2.05) is 6.92 Å². The lowest BCUT2D eigenvalue weighted by atomic mass is 9.97. The molecule has 1 aliphatic carbocycles. The maximum absolute atomic E-state index is 13.5. The van der Waals surface area contributed by atoms with E-state index in [0.29, 0.717) is 29.1 Å². The van der Waals surface area contributed by atoms with Crippen LogP contribution in [-0.4, -0.2) is 68.8 Å². The smallest absolute Gasteiger partial charge is 0.354 e. The molecule has 0 spiro atoms. The summed E-state index contributed by atoms with van der Waals surface area (Å²) in [6.07, 6.45) is 4.74. The number of aromatic carboxylic acids is 1. The number of amides is 2. The number of aromatic nitrogens is 3. The summed E-state index contributed by atoms with van der Waals surface area (Å²) in [5.41, 5.74) is 7.56. The van der Waals surface area contributed by atoms with E-state index in [-0.39, 0.29) is 16.9 Å². The number of hydrogen-bond acceptors (Lipinski definition) is 9. The topological polar surface area (TPSA) is 187 Å². The number of nitrogens with zero attached hydrogens (tertiary/aromatic N) is 3. The molecule has 2 amide bonds. The fourth-order valence-electron chi connectivity index (χ4n) is 5.95. The number of fused-ring (bicyclic) bond motifs is 2. The summed E-state index contributed by atoms with van der Waals surface area (Å²) in [4.78, 5) is 55.3. The number of nitrogens with one attached hydrogen (secondary N) is 2. The van der Waals surface area contributed by atoms with Crippen molar-refractivity contribution in [1.29, 1.82) is 0 Å². The molecule has 1 atom stereocenters. The van der Waals surface area contributed by atoms with Gasteiger partial charge in [-0.3, -0.25) is 9.59 Å². The molecule has 2 aromatic carbocycles. The molecule has 1 aliphatic heterocycles. The van der Waals surface area contributed by atoms with Gasteiger partial charge in [-0.1, -0.05) is 29.8 Å². The van der Waals surface area contributed by atoms with Crippen molar-refractivity contribution in [2.24, 2.45) is 11.7 Å². The number of nitrogens with two attached hydrogens (primary N) is 1. The second-order valence-electron chi connectivity index (χ2n) is 13.2. The number of anilines is 1. The first-order chi connectivity index (χ1) is 23.8. The average Bonchev–Trinajstić information content (AvgIpc) is 3.70. The third-order valence-corrected chi connectivity index (χ3v) is 8.91. The Kier molecular flexibility index (Phi) is 11.2. The molecule has 2 aromatic heterocycles. The van der Waals surface area contributed by atoms with Gasteiger partial charge in [-0.05, 0) is 101 Å². The first-order valence-electron chi connectivity index (χ1n) is 16.4. The van der Waals surface area contributed by atoms with Gasteiger partial charge in [-0.25, -0.2) is 19.1 Å². The average molecular weight is 705 g/mol. The largest absolute Gasteiger partial charge is 0.477 e. The molecule has 4 aromatic rings. The Hall–Kier alpha value is -4.85. The zero-order chi connectivity index (χ0) is 36.2. The number of halogens is 1. The van der Waals surface area contributed by atoms with Crippen LogP contribution in [0.4, 0.5) is 5.69 Å². The molecule has 1 fully saturated rings. The molecule has 1 saturated heterocycles. The Bertz CT molecular complexity index is 1930. The number of hydrogen-bond donors (Lipinski definition) is 4. The highest BCUT2D eigenvalue weighted by Gasteiger charge is 2.30. The molecule has 0 radical (unpaired) electrons. The number of benzene rings is 2. The third kappa shape index (κ3) is 8.29. The molecule has 13 nitrogen and oxygen atoms in total. The van der Waals surface area contributed by atoms with Crippen molar-refractivity contribution in [2.45, 2.75) is 65.0 Å². The second-order valence-corrected chi connectivity index (χ2v) is 13.6. The molecule has 6 rings (SSSR count). The maximum atomic E-state index is 13.5. The van der Waals surface area contributed by atoms with Crippen LogP contribution in [-0.2, 0) is 15.9 Å². The fourth-order valence-corrected chi connectivity index (χ4v) is 6.13. The minimum Gasteiger partial charge on any atom is -0.477 e. The first-order valence-corrected chi connectivity index (χ1v) is 16.8. The third-order valence-electron chi connectivity index (χ3n) is 8.58. The molecule has 5 N–H and O–H groups in total. The van der Waals surface area contributed by atoms with Gasteiger partial charge >= 0.3 is 11.9 Å². The molecule has 0 unspecified atom stereocenters. The van der Waals surface area contributed by atoms with Crippen molar-refractivity contribution in [3.05, 3.63) is 92.9 Å². The van der Waals surface area contributed by atoms with Gasteiger partial charge in [0.25, 0.3) is 11.8 Å². The van der Waals surface area contributed by atoms with Crippen LogP contribution in [0.25, 0.3) is 5.65 Å². The quantitative estimate of drug-likeness (QED) is 0.182. The van der Waals surface area contributed by atoms with E-state index >= 15 is 0 Å². The minimum absolute atomic E-state index is 0.0384. The zero-order valence-electron chi connectivity index (χ0n) is 28.4. The first kappa shape index (κ1) is 36.4. The molecule has 264 valence electrons. The number of carboxylic acids is 1. The fraction of sp³-hybridized carbons (Fsp3) is 0.389. The number of esters is 1. The van der Waals surface area contributed by atoms with Crippen LogP contribution < -0.4 is 16.4 Å². The van der Waals surface area contributed by atoms with Crippen LogP contribution in [0.2, 0.25) is 5.02 Å². The summed E-state index contributed by atoms with van der Waals surface area (Å²) in [5.74, 6) is -2.27. The molecule has 2 aliphatic rings. The summed E-state index contributed by atoms with van der Waals surface area (Å²) in [6, 6.07) is 10.8. The normalized spacial score (nSPS) is 15.8. The molecular weight excluding hydrogens is 664 g/mol. The zero-order valence-corrected chi connectivity index (χ0v) is 29.2. The predicted molar refractivity (Wildman–Crippen MR) is 187 cm³/mol. The highest BCUT2D eigenvalue weighted by atomic mass is 35.5. The van der Waals surface area contributed by atoms with Crippen molar-refractivity contribution in [3.63, 3.8) is 0 Å². The van der Waals surface area contributed by atoms with E-state index in [2.05, 4.69) is 20.7 Å². The second kappa shape index (κ2) is 15.4. The Balaban J connectivity index is 0.000000535. The molecule has 14 heteroatoms. The van der Waals surface area contributed by atoms with Gasteiger partial charge in [0.2, 0.25) is 0 Å². The highest BCUT2D eigenvalue weighted by molar-refractivity contribution is 6.34. The van der Waals surface area contributed by atoms with Crippen molar-refractivity contribution in [3.8, 4) is 0 Å². The van der Waals surface area contributed by atoms with Crippen molar-refractivity contribution in [1.82, 2.24) is 19.9 Å². The van der Waals surface area contributed by atoms with Crippen molar-refractivity contribution >= 4 is 46.7 Å². The monoisotopic (exact) mass is 704 g/mol. The number of carbonyl (C=O) groups excluding carboxylic acids is 3. The summed E-state index contributed by atoms with van der Waals surface area (Å²) < 4.78 is 11.8. The van der Waals surface area contributed by atoms with Crippen LogP contribution in [0.3, 0.4) is 0 Å². The molecule has 3 heterocycles. The molecular formula is C36H41ClN6O7.